The van der Waals surface area contributed by atoms with Gasteiger partial charge in [-0.25, -0.2) is 10.2 Å². The fourth-order valence-corrected chi connectivity index (χ4v) is 3.92. The number of ether oxygens (including phenoxy) is 2. The molecule has 212 valence electrons. The average molecular weight is 586 g/mol. The molecule has 0 spiro atoms. The first-order valence-electron chi connectivity index (χ1n) is 12.3. The van der Waals surface area contributed by atoms with Gasteiger partial charge in [0, 0.05) is 39.6 Å². The van der Waals surface area contributed by atoms with E-state index in [1.807, 2.05) is 12.1 Å². The summed E-state index contributed by atoms with van der Waals surface area (Å²) in [4.78, 5) is 35.3. The van der Waals surface area contributed by atoms with Gasteiger partial charge in [0.25, 0.3) is 5.91 Å². The Balaban J connectivity index is 1.44. The molecule has 0 saturated heterocycles. The third-order valence-corrected chi connectivity index (χ3v) is 5.98. The van der Waals surface area contributed by atoms with Crippen LogP contribution in [-0.2, 0) is 9.59 Å². The van der Waals surface area contributed by atoms with Crippen LogP contribution in [-0.4, -0.2) is 41.3 Å². The molecule has 0 unspecified atom stereocenters. The summed E-state index contributed by atoms with van der Waals surface area (Å²) < 4.78 is 11.4. The van der Waals surface area contributed by atoms with Gasteiger partial charge in [-0.15, -0.1) is 0 Å². The number of hydrazone groups is 1. The Hall–Kier alpha value is -5.61. The predicted octanol–water partition coefficient (Wildman–Crippen LogP) is 5.86. The highest BCUT2D eigenvalue weighted by Gasteiger charge is 2.13. The van der Waals surface area contributed by atoms with Crippen molar-refractivity contribution in [3.05, 3.63) is 113 Å². The summed E-state index contributed by atoms with van der Waals surface area (Å²) in [5.41, 5.74) is 5.01. The van der Waals surface area contributed by atoms with Crippen LogP contribution in [0.1, 0.15) is 15.9 Å². The van der Waals surface area contributed by atoms with Crippen molar-refractivity contribution in [1.82, 2.24) is 5.43 Å². The van der Waals surface area contributed by atoms with Crippen LogP contribution >= 0.6 is 11.6 Å². The highest BCUT2D eigenvalue weighted by Crippen LogP contribution is 2.34. The number of carbonyl (C=O) groups excluding carboxylic acids is 2. The highest BCUT2D eigenvalue weighted by molar-refractivity contribution is 6.30. The number of benzene rings is 4. The summed E-state index contributed by atoms with van der Waals surface area (Å²) in [6, 6.07) is 23.3. The van der Waals surface area contributed by atoms with Gasteiger partial charge >= 0.3 is 5.97 Å². The van der Waals surface area contributed by atoms with Crippen molar-refractivity contribution in [2.45, 2.75) is 0 Å². The Morgan fingerprint density at radius 3 is 2.40 bits per heavy atom. The molecule has 0 heterocycles. The van der Waals surface area contributed by atoms with Gasteiger partial charge in [0.1, 0.15) is 11.5 Å². The normalized spacial score (nSPS) is 10.9. The first kappa shape index (κ1) is 29.4. The van der Waals surface area contributed by atoms with Gasteiger partial charge in [-0.3, -0.25) is 9.59 Å². The average Bonchev–Trinajstić information content (AvgIpc) is 2.98. The number of nitrogens with zero attached hydrogens (tertiary/aromatic N) is 1. The first-order valence-corrected chi connectivity index (χ1v) is 12.7. The van der Waals surface area contributed by atoms with Gasteiger partial charge in [-0.2, -0.15) is 5.10 Å². The van der Waals surface area contributed by atoms with E-state index in [0.29, 0.717) is 33.5 Å². The highest BCUT2D eigenvalue weighted by atomic mass is 35.5. The SMILES string of the molecule is COc1cc(C(=O)NN=Cc2cc(Cl)ccc2O)ccc1Oc1ccc(-c2ccccc2NC(=O)C=CC(=O)O)cc1. The van der Waals surface area contributed by atoms with E-state index < -0.39 is 17.8 Å². The van der Waals surface area contributed by atoms with Crippen LogP contribution in [0.25, 0.3) is 11.1 Å². The van der Waals surface area contributed by atoms with Crippen LogP contribution in [0, 0.1) is 0 Å². The predicted molar refractivity (Wildman–Crippen MR) is 159 cm³/mol. The van der Waals surface area contributed by atoms with Crippen LogP contribution < -0.4 is 20.2 Å². The van der Waals surface area contributed by atoms with E-state index in [0.717, 1.165) is 23.3 Å². The number of nitrogens with one attached hydrogen (secondary N) is 2. The number of para-hydroxylation sites is 1. The van der Waals surface area contributed by atoms with Gasteiger partial charge < -0.3 is 25.0 Å². The summed E-state index contributed by atoms with van der Waals surface area (Å²) in [7, 11) is 1.45. The molecule has 0 aliphatic heterocycles. The second-order valence-corrected chi connectivity index (χ2v) is 9.04. The molecule has 0 aromatic heterocycles. The number of amides is 2. The standard InChI is InChI=1S/C31H24ClN3O7/c1-41-28-17-20(31(40)35-33-18-21-16-22(32)9-12-26(21)36)8-13-27(28)42-23-10-6-19(7-11-23)24-4-2-3-5-25(24)34-29(37)14-15-30(38)39/h2-18,36H,1H3,(H,34,37)(H,35,40)(H,38,39). The molecule has 11 heteroatoms. The Bertz CT molecular complexity index is 1680. The monoisotopic (exact) mass is 585 g/mol. The number of carboxylic acid groups (broad SMARTS) is 1. The van der Waals surface area contributed by atoms with Crippen LogP contribution in [0.3, 0.4) is 0 Å². The molecule has 0 aliphatic carbocycles. The summed E-state index contributed by atoms with van der Waals surface area (Å²) in [5.74, 6) is -1.16. The fraction of sp³-hybridized carbons (Fsp3) is 0.0323. The van der Waals surface area contributed by atoms with Gasteiger partial charge in [0.05, 0.1) is 13.3 Å². The molecule has 42 heavy (non-hydrogen) atoms. The fourth-order valence-electron chi connectivity index (χ4n) is 3.74. The van der Waals surface area contributed by atoms with E-state index in [1.54, 1.807) is 48.5 Å². The third kappa shape index (κ3) is 7.74. The summed E-state index contributed by atoms with van der Waals surface area (Å²) >= 11 is 5.92. The van der Waals surface area contributed by atoms with Crippen molar-refractivity contribution in [1.29, 1.82) is 0 Å². The molecule has 0 atom stereocenters. The molecule has 0 radical (unpaired) electrons. The lowest BCUT2D eigenvalue weighted by atomic mass is 10.0. The number of methoxy groups -OCH3 is 1. The largest absolute Gasteiger partial charge is 0.507 e. The van der Waals surface area contributed by atoms with Gasteiger partial charge in [0.15, 0.2) is 11.5 Å². The minimum Gasteiger partial charge on any atom is -0.507 e. The number of aliphatic carboxylic acids is 1. The Labute approximate surface area is 245 Å². The Kier molecular flexibility index (Phi) is 9.54. The molecule has 0 saturated carbocycles. The summed E-state index contributed by atoms with van der Waals surface area (Å²) in [5, 5.41) is 25.6. The lowest BCUT2D eigenvalue weighted by molar-refractivity contribution is -0.131. The number of carboxylic acids is 1. The molecule has 4 aromatic rings. The number of halogens is 1. The number of phenolic OH excluding ortho intramolecular Hbond substituents is 1. The number of aromatic hydroxyl groups is 1. The van der Waals surface area contributed by atoms with E-state index in [2.05, 4.69) is 15.8 Å². The minimum atomic E-state index is -1.22. The van der Waals surface area contributed by atoms with E-state index in [1.165, 1.54) is 37.6 Å². The summed E-state index contributed by atoms with van der Waals surface area (Å²) in [6.07, 6.45) is 2.99. The third-order valence-electron chi connectivity index (χ3n) is 5.74. The lowest BCUT2D eigenvalue weighted by Crippen LogP contribution is -2.17. The van der Waals surface area contributed by atoms with Crippen molar-refractivity contribution in [3.63, 3.8) is 0 Å². The van der Waals surface area contributed by atoms with Crippen LogP contribution in [0.15, 0.2) is 102 Å². The maximum Gasteiger partial charge on any atom is 0.328 e. The topological polar surface area (TPSA) is 147 Å². The second-order valence-electron chi connectivity index (χ2n) is 8.60. The smallest absolute Gasteiger partial charge is 0.328 e. The van der Waals surface area contributed by atoms with Crippen LogP contribution in [0.2, 0.25) is 5.02 Å². The second kappa shape index (κ2) is 13.6. The van der Waals surface area contributed by atoms with Crippen LogP contribution in [0.5, 0.6) is 23.0 Å². The number of rotatable bonds is 10. The van der Waals surface area contributed by atoms with E-state index >= 15 is 0 Å². The van der Waals surface area contributed by atoms with E-state index in [9.17, 15) is 19.5 Å². The summed E-state index contributed by atoms with van der Waals surface area (Å²) in [6.45, 7) is 0. The number of hydrogen-bond acceptors (Lipinski definition) is 7. The first-order chi connectivity index (χ1) is 20.2. The maximum absolute atomic E-state index is 12.6. The van der Waals surface area contributed by atoms with Crippen molar-refractivity contribution in [3.8, 4) is 34.1 Å². The van der Waals surface area contributed by atoms with Gasteiger partial charge in [-0.05, 0) is 60.2 Å². The molecule has 0 aliphatic rings. The Morgan fingerprint density at radius 1 is 0.905 bits per heavy atom. The molecule has 0 fully saturated rings. The molecule has 4 N–H and O–H groups in total. The van der Waals surface area contributed by atoms with Crippen LogP contribution in [0.4, 0.5) is 5.69 Å². The van der Waals surface area contributed by atoms with Crippen molar-refractivity contribution >= 4 is 41.3 Å². The molecule has 0 bridgehead atoms. The number of phenols is 1. The van der Waals surface area contributed by atoms with Gasteiger partial charge in [0.2, 0.25) is 5.91 Å². The zero-order valence-corrected chi connectivity index (χ0v) is 22.8. The number of hydrogen-bond donors (Lipinski definition) is 4. The molecular formula is C31H24ClN3O7. The van der Waals surface area contributed by atoms with Crippen molar-refractivity contribution in [2.24, 2.45) is 5.10 Å². The Morgan fingerprint density at radius 2 is 1.67 bits per heavy atom. The van der Waals surface area contributed by atoms with Gasteiger partial charge in [-0.1, -0.05) is 41.9 Å². The molecular weight excluding hydrogens is 562 g/mol. The van der Waals surface area contributed by atoms with E-state index in [-0.39, 0.29) is 11.3 Å². The molecule has 2 amide bonds. The lowest BCUT2D eigenvalue weighted by Gasteiger charge is -2.13. The molecule has 4 aromatic carbocycles. The minimum absolute atomic E-state index is 0.0324. The molecule has 10 nitrogen and oxygen atoms in total. The zero-order valence-electron chi connectivity index (χ0n) is 22.1. The quantitative estimate of drug-likeness (QED) is 0.104. The zero-order chi connectivity index (χ0) is 30.1. The van der Waals surface area contributed by atoms with Crippen molar-refractivity contribution in [2.75, 3.05) is 12.4 Å². The maximum atomic E-state index is 12.6. The van der Waals surface area contributed by atoms with E-state index in [4.69, 9.17) is 26.2 Å². The molecule has 4 rings (SSSR count). The van der Waals surface area contributed by atoms with Crippen molar-refractivity contribution < 1.29 is 34.1 Å². The number of carbonyl (C=O) groups is 3. The number of anilines is 1.